The van der Waals surface area contributed by atoms with Crippen molar-refractivity contribution in [3.05, 3.63) is 48.4 Å². The SMILES string of the molecule is FC(F)(F)c1cccnc1N1CC(COc2cccnc2)C1. The maximum Gasteiger partial charge on any atom is 0.419 e. The number of halogens is 3. The molecule has 0 aromatic carbocycles. The van der Waals surface area contributed by atoms with Gasteiger partial charge in [0.15, 0.2) is 0 Å². The van der Waals surface area contributed by atoms with Crippen LogP contribution in [0.4, 0.5) is 19.0 Å². The predicted octanol–water partition coefficient (Wildman–Crippen LogP) is 3.01. The van der Waals surface area contributed by atoms with Gasteiger partial charge in [0.1, 0.15) is 11.6 Å². The summed E-state index contributed by atoms with van der Waals surface area (Å²) in [6.07, 6.45) is 0.250. The molecule has 0 aliphatic carbocycles. The van der Waals surface area contributed by atoms with E-state index in [4.69, 9.17) is 4.74 Å². The molecular formula is C15H14F3N3O. The Hall–Kier alpha value is -2.31. The van der Waals surface area contributed by atoms with Gasteiger partial charge in [0.25, 0.3) is 0 Å². The molecule has 0 saturated carbocycles. The molecule has 116 valence electrons. The van der Waals surface area contributed by atoms with Gasteiger partial charge in [-0.1, -0.05) is 0 Å². The summed E-state index contributed by atoms with van der Waals surface area (Å²) in [6.45, 7) is 1.46. The quantitative estimate of drug-likeness (QED) is 0.870. The van der Waals surface area contributed by atoms with Crippen molar-refractivity contribution in [1.29, 1.82) is 0 Å². The van der Waals surface area contributed by atoms with E-state index < -0.39 is 11.7 Å². The van der Waals surface area contributed by atoms with Gasteiger partial charge in [0.05, 0.1) is 18.4 Å². The van der Waals surface area contributed by atoms with Gasteiger partial charge in [-0.05, 0) is 24.3 Å². The second-order valence-electron chi connectivity index (χ2n) is 5.14. The number of alkyl halides is 3. The molecule has 1 aliphatic rings. The third-order valence-electron chi connectivity index (χ3n) is 3.47. The van der Waals surface area contributed by atoms with E-state index in [-0.39, 0.29) is 11.7 Å². The molecule has 0 radical (unpaired) electrons. The predicted molar refractivity (Wildman–Crippen MR) is 74.7 cm³/mol. The van der Waals surface area contributed by atoms with Crippen LogP contribution in [0.25, 0.3) is 0 Å². The number of pyridine rings is 2. The molecule has 3 rings (SSSR count). The summed E-state index contributed by atoms with van der Waals surface area (Å²) in [5, 5.41) is 0. The number of hydrogen-bond acceptors (Lipinski definition) is 4. The molecule has 0 atom stereocenters. The summed E-state index contributed by atoms with van der Waals surface area (Å²) in [7, 11) is 0. The molecule has 1 aliphatic heterocycles. The van der Waals surface area contributed by atoms with Crippen molar-refractivity contribution in [1.82, 2.24) is 9.97 Å². The first-order valence-electron chi connectivity index (χ1n) is 6.84. The van der Waals surface area contributed by atoms with Crippen LogP contribution in [-0.2, 0) is 6.18 Å². The second-order valence-corrected chi connectivity index (χ2v) is 5.14. The highest BCUT2D eigenvalue weighted by Gasteiger charge is 2.38. The number of aromatic nitrogens is 2. The molecule has 4 nitrogen and oxygen atoms in total. The van der Waals surface area contributed by atoms with Crippen molar-refractivity contribution in [2.45, 2.75) is 6.18 Å². The monoisotopic (exact) mass is 309 g/mol. The van der Waals surface area contributed by atoms with Crippen LogP contribution >= 0.6 is 0 Å². The summed E-state index contributed by atoms with van der Waals surface area (Å²) in [4.78, 5) is 9.44. The Morgan fingerprint density at radius 1 is 1.18 bits per heavy atom. The minimum atomic E-state index is -4.39. The van der Waals surface area contributed by atoms with Crippen LogP contribution in [0.1, 0.15) is 5.56 Å². The van der Waals surface area contributed by atoms with Crippen molar-refractivity contribution >= 4 is 5.82 Å². The lowest BCUT2D eigenvalue weighted by atomic mass is 10.0. The Balaban J connectivity index is 1.58. The molecule has 3 heterocycles. The fraction of sp³-hybridized carbons (Fsp3) is 0.333. The highest BCUT2D eigenvalue weighted by molar-refractivity contribution is 5.50. The summed E-state index contributed by atoms with van der Waals surface area (Å²) in [5.74, 6) is 0.839. The van der Waals surface area contributed by atoms with E-state index in [1.807, 2.05) is 0 Å². The van der Waals surface area contributed by atoms with E-state index in [0.29, 0.717) is 25.4 Å². The van der Waals surface area contributed by atoms with Crippen LogP contribution < -0.4 is 9.64 Å². The van der Waals surface area contributed by atoms with Crippen molar-refractivity contribution in [2.75, 3.05) is 24.6 Å². The Bertz CT molecular complexity index is 627. The van der Waals surface area contributed by atoms with E-state index in [1.54, 1.807) is 29.4 Å². The molecule has 1 fully saturated rings. The molecule has 2 aromatic rings. The lowest BCUT2D eigenvalue weighted by Gasteiger charge is -2.40. The number of hydrogen-bond donors (Lipinski definition) is 0. The fourth-order valence-corrected chi connectivity index (χ4v) is 2.36. The molecule has 7 heteroatoms. The zero-order valence-electron chi connectivity index (χ0n) is 11.6. The minimum absolute atomic E-state index is 0.00683. The maximum absolute atomic E-state index is 12.9. The zero-order chi connectivity index (χ0) is 15.6. The average Bonchev–Trinajstić information content (AvgIpc) is 2.46. The maximum atomic E-state index is 12.9. The van der Waals surface area contributed by atoms with Gasteiger partial charge in [-0.15, -0.1) is 0 Å². The summed E-state index contributed by atoms with van der Waals surface area (Å²) >= 11 is 0. The zero-order valence-corrected chi connectivity index (χ0v) is 11.6. The van der Waals surface area contributed by atoms with Gasteiger partial charge in [0.2, 0.25) is 0 Å². The van der Waals surface area contributed by atoms with Crippen LogP contribution in [0.15, 0.2) is 42.9 Å². The molecule has 1 saturated heterocycles. The van der Waals surface area contributed by atoms with Gasteiger partial charge in [-0.3, -0.25) is 4.98 Å². The minimum Gasteiger partial charge on any atom is -0.492 e. The number of rotatable bonds is 4. The molecular weight excluding hydrogens is 295 g/mol. The third kappa shape index (κ3) is 3.13. The van der Waals surface area contributed by atoms with Crippen molar-refractivity contribution < 1.29 is 17.9 Å². The topological polar surface area (TPSA) is 38.2 Å². The van der Waals surface area contributed by atoms with Gasteiger partial charge in [0, 0.05) is 31.4 Å². The smallest absolute Gasteiger partial charge is 0.419 e. The average molecular weight is 309 g/mol. The molecule has 0 unspecified atom stereocenters. The highest BCUT2D eigenvalue weighted by atomic mass is 19.4. The first-order chi connectivity index (χ1) is 10.5. The van der Waals surface area contributed by atoms with Crippen molar-refractivity contribution in [3.8, 4) is 5.75 Å². The number of nitrogens with zero attached hydrogens (tertiary/aromatic N) is 3. The largest absolute Gasteiger partial charge is 0.492 e. The van der Waals surface area contributed by atoms with E-state index in [9.17, 15) is 13.2 Å². The van der Waals surface area contributed by atoms with Crippen LogP contribution in [0.3, 0.4) is 0 Å². The normalized spacial score (nSPS) is 15.5. The van der Waals surface area contributed by atoms with E-state index >= 15 is 0 Å². The van der Waals surface area contributed by atoms with Gasteiger partial charge in [-0.25, -0.2) is 4.98 Å². The summed E-state index contributed by atoms with van der Waals surface area (Å²) < 4.78 is 44.4. The van der Waals surface area contributed by atoms with Crippen LogP contribution in [0, 0.1) is 5.92 Å². The molecule has 22 heavy (non-hydrogen) atoms. The molecule has 0 spiro atoms. The summed E-state index contributed by atoms with van der Waals surface area (Å²) in [6, 6.07) is 5.92. The number of ether oxygens (including phenoxy) is 1. The van der Waals surface area contributed by atoms with E-state index in [1.165, 1.54) is 12.3 Å². The first-order valence-corrected chi connectivity index (χ1v) is 6.84. The lowest BCUT2D eigenvalue weighted by Crippen LogP contribution is -2.50. The van der Waals surface area contributed by atoms with Gasteiger partial charge in [-0.2, -0.15) is 13.2 Å². The van der Waals surface area contributed by atoms with Gasteiger partial charge < -0.3 is 9.64 Å². The Morgan fingerprint density at radius 3 is 2.64 bits per heavy atom. The lowest BCUT2D eigenvalue weighted by molar-refractivity contribution is -0.137. The number of anilines is 1. The van der Waals surface area contributed by atoms with Crippen molar-refractivity contribution in [3.63, 3.8) is 0 Å². The van der Waals surface area contributed by atoms with E-state index in [2.05, 4.69) is 9.97 Å². The van der Waals surface area contributed by atoms with Crippen LogP contribution in [-0.4, -0.2) is 29.7 Å². The fourth-order valence-electron chi connectivity index (χ4n) is 2.36. The molecule has 0 amide bonds. The third-order valence-corrected chi connectivity index (χ3v) is 3.47. The molecule has 2 aromatic heterocycles. The Kier molecular flexibility index (Phi) is 3.87. The van der Waals surface area contributed by atoms with Gasteiger partial charge >= 0.3 is 6.18 Å². The molecule has 0 bridgehead atoms. The van der Waals surface area contributed by atoms with Crippen molar-refractivity contribution in [2.24, 2.45) is 5.92 Å². The highest BCUT2D eigenvalue weighted by Crippen LogP contribution is 2.37. The standard InChI is InChI=1S/C15H14F3N3O/c16-15(17,18)13-4-2-6-20-14(13)21-8-11(9-21)10-22-12-3-1-5-19-7-12/h1-7,11H,8-10H2. The second kappa shape index (κ2) is 5.82. The Labute approximate surface area is 125 Å². The Morgan fingerprint density at radius 2 is 1.95 bits per heavy atom. The molecule has 0 N–H and O–H groups in total. The van der Waals surface area contributed by atoms with Crippen LogP contribution in [0.5, 0.6) is 5.75 Å². The van der Waals surface area contributed by atoms with E-state index in [0.717, 1.165) is 6.07 Å². The van der Waals surface area contributed by atoms with Crippen LogP contribution in [0.2, 0.25) is 0 Å². The first kappa shape index (κ1) is 14.6. The summed E-state index contributed by atoms with van der Waals surface area (Å²) in [5.41, 5.74) is -0.693.